The van der Waals surface area contributed by atoms with Crippen molar-refractivity contribution in [3.05, 3.63) is 29.8 Å². The Labute approximate surface area is 173 Å². The van der Waals surface area contributed by atoms with Crippen LogP contribution in [0.2, 0.25) is 0 Å². The fourth-order valence-corrected chi connectivity index (χ4v) is 4.57. The van der Waals surface area contributed by atoms with Gasteiger partial charge in [0.05, 0.1) is 4.90 Å². The van der Waals surface area contributed by atoms with Gasteiger partial charge in [-0.2, -0.15) is 4.72 Å². The van der Waals surface area contributed by atoms with Crippen LogP contribution in [0.1, 0.15) is 45.6 Å². The average Bonchev–Trinajstić information content (AvgIpc) is 2.65. The normalized spacial score (nSPS) is 22.3. The average molecular weight is 426 g/mol. The second-order valence-electron chi connectivity index (χ2n) is 8.15. The molecule has 0 spiro atoms. The zero-order valence-corrected chi connectivity index (χ0v) is 18.3. The van der Waals surface area contributed by atoms with E-state index in [1.165, 1.54) is 12.1 Å². The van der Waals surface area contributed by atoms with Gasteiger partial charge in [0.1, 0.15) is 12.6 Å². The molecule has 0 unspecified atom stereocenters. The Balaban J connectivity index is 1.79. The Bertz CT molecular complexity index is 803. The third-order valence-electron chi connectivity index (χ3n) is 5.33. The van der Waals surface area contributed by atoms with E-state index in [0.717, 1.165) is 24.8 Å². The van der Waals surface area contributed by atoms with Crippen LogP contribution in [-0.4, -0.2) is 39.6 Å². The van der Waals surface area contributed by atoms with Crippen molar-refractivity contribution in [3.8, 4) is 0 Å². The van der Waals surface area contributed by atoms with Crippen LogP contribution in [0.4, 0.5) is 0 Å². The minimum atomic E-state index is -3.82. The van der Waals surface area contributed by atoms with Crippen molar-refractivity contribution in [1.29, 1.82) is 0 Å². The molecule has 1 N–H and O–H groups in total. The lowest BCUT2D eigenvalue weighted by molar-refractivity contribution is -0.166. The smallest absolute Gasteiger partial charge is 0.344 e. The van der Waals surface area contributed by atoms with Crippen LogP contribution in [-0.2, 0) is 29.1 Å². The summed E-state index contributed by atoms with van der Waals surface area (Å²) in [6.45, 7) is 7.12. The lowest BCUT2D eigenvalue weighted by Crippen LogP contribution is -2.37. The number of ether oxygens (including phenoxy) is 2. The first-order chi connectivity index (χ1) is 13.6. The molecule has 0 aliphatic heterocycles. The molecular weight excluding hydrogens is 394 g/mol. The standard InChI is InChI=1S/C21H31NO6S/c1-14(2)18-10-7-16(4)11-19(18)28-21(24)13-27-20(23)12-22-29(25,26)17-8-5-15(3)6-9-17/h5-6,8-9,14,16,18-19,22H,7,10-13H2,1-4H3/t16-,18-,19-/m0/s1. The summed E-state index contributed by atoms with van der Waals surface area (Å²) < 4.78 is 36.9. The number of aryl methyl sites for hydroxylation is 1. The summed E-state index contributed by atoms with van der Waals surface area (Å²) in [4.78, 5) is 24.0. The molecule has 0 saturated heterocycles. The lowest BCUT2D eigenvalue weighted by atomic mass is 9.75. The number of sulfonamides is 1. The number of esters is 2. The highest BCUT2D eigenvalue weighted by atomic mass is 32.2. The second kappa shape index (κ2) is 10.2. The molecule has 162 valence electrons. The van der Waals surface area contributed by atoms with Crippen LogP contribution in [0.25, 0.3) is 0 Å². The van der Waals surface area contributed by atoms with Gasteiger partial charge in [0.2, 0.25) is 10.0 Å². The van der Waals surface area contributed by atoms with E-state index >= 15 is 0 Å². The third-order valence-corrected chi connectivity index (χ3v) is 6.75. The van der Waals surface area contributed by atoms with Crippen molar-refractivity contribution in [2.24, 2.45) is 17.8 Å². The molecule has 1 aromatic carbocycles. The van der Waals surface area contributed by atoms with Gasteiger partial charge in [0, 0.05) is 0 Å². The van der Waals surface area contributed by atoms with E-state index in [-0.39, 0.29) is 11.0 Å². The maximum atomic E-state index is 12.2. The number of benzene rings is 1. The Morgan fingerprint density at radius 1 is 1.14 bits per heavy atom. The SMILES string of the molecule is Cc1ccc(S(=O)(=O)NCC(=O)OCC(=O)O[C@H]2C[C@@H](C)CC[C@H]2C(C)C)cc1. The minimum Gasteiger partial charge on any atom is -0.460 e. The van der Waals surface area contributed by atoms with Crippen molar-refractivity contribution in [3.63, 3.8) is 0 Å². The van der Waals surface area contributed by atoms with Crippen LogP contribution in [0, 0.1) is 24.7 Å². The van der Waals surface area contributed by atoms with E-state index < -0.39 is 35.1 Å². The molecule has 8 heteroatoms. The Morgan fingerprint density at radius 2 is 1.79 bits per heavy atom. The van der Waals surface area contributed by atoms with Crippen LogP contribution in [0.5, 0.6) is 0 Å². The van der Waals surface area contributed by atoms with Gasteiger partial charge in [0.25, 0.3) is 0 Å². The minimum absolute atomic E-state index is 0.0569. The van der Waals surface area contributed by atoms with Gasteiger partial charge in [-0.1, -0.05) is 44.9 Å². The summed E-state index contributed by atoms with van der Waals surface area (Å²) >= 11 is 0. The van der Waals surface area contributed by atoms with Crippen molar-refractivity contribution in [1.82, 2.24) is 4.72 Å². The molecule has 1 aromatic rings. The van der Waals surface area contributed by atoms with Gasteiger partial charge >= 0.3 is 11.9 Å². The van der Waals surface area contributed by atoms with Crippen LogP contribution >= 0.6 is 0 Å². The molecule has 29 heavy (non-hydrogen) atoms. The summed E-state index contributed by atoms with van der Waals surface area (Å²) in [5.41, 5.74) is 0.925. The highest BCUT2D eigenvalue weighted by Gasteiger charge is 2.33. The third kappa shape index (κ3) is 7.12. The summed E-state index contributed by atoms with van der Waals surface area (Å²) in [5.74, 6) is -0.257. The monoisotopic (exact) mass is 425 g/mol. The number of carbonyl (C=O) groups excluding carboxylic acids is 2. The molecule has 0 bridgehead atoms. The summed E-state index contributed by atoms with van der Waals surface area (Å²) in [7, 11) is -3.82. The molecule has 0 heterocycles. The fraction of sp³-hybridized carbons (Fsp3) is 0.619. The number of carbonyl (C=O) groups is 2. The van der Waals surface area contributed by atoms with Gasteiger partial charge in [-0.15, -0.1) is 0 Å². The van der Waals surface area contributed by atoms with E-state index in [1.54, 1.807) is 12.1 Å². The van der Waals surface area contributed by atoms with Gasteiger partial charge < -0.3 is 9.47 Å². The largest absolute Gasteiger partial charge is 0.460 e. The predicted molar refractivity (Wildman–Crippen MR) is 109 cm³/mol. The predicted octanol–water partition coefficient (Wildman–Crippen LogP) is 2.82. The van der Waals surface area contributed by atoms with Crippen molar-refractivity contribution >= 4 is 22.0 Å². The molecule has 0 radical (unpaired) electrons. The van der Waals surface area contributed by atoms with Gasteiger partial charge in [-0.3, -0.25) is 4.79 Å². The van der Waals surface area contributed by atoms with Crippen LogP contribution < -0.4 is 4.72 Å². The molecule has 7 nitrogen and oxygen atoms in total. The maximum Gasteiger partial charge on any atom is 0.344 e. The zero-order chi connectivity index (χ0) is 21.6. The van der Waals surface area contributed by atoms with E-state index in [0.29, 0.717) is 17.8 Å². The number of nitrogens with one attached hydrogen (secondary N) is 1. The van der Waals surface area contributed by atoms with Gasteiger partial charge in [-0.05, 0) is 49.7 Å². The Morgan fingerprint density at radius 3 is 2.41 bits per heavy atom. The molecule has 3 atom stereocenters. The molecule has 0 amide bonds. The fourth-order valence-electron chi connectivity index (χ4n) is 3.60. The molecule has 1 saturated carbocycles. The second-order valence-corrected chi connectivity index (χ2v) is 9.92. The number of hydrogen-bond acceptors (Lipinski definition) is 6. The molecule has 0 aromatic heterocycles. The maximum absolute atomic E-state index is 12.2. The highest BCUT2D eigenvalue weighted by Crippen LogP contribution is 2.35. The van der Waals surface area contributed by atoms with Gasteiger partial charge in [0.15, 0.2) is 6.61 Å². The van der Waals surface area contributed by atoms with Gasteiger partial charge in [-0.25, -0.2) is 13.2 Å². The summed E-state index contributed by atoms with van der Waals surface area (Å²) in [5, 5.41) is 0. The van der Waals surface area contributed by atoms with Crippen LogP contribution in [0.3, 0.4) is 0 Å². The molecule has 1 aliphatic carbocycles. The molecule has 1 aliphatic rings. The molecular formula is C21H31NO6S. The first kappa shape index (κ1) is 23.3. The molecule has 2 rings (SSSR count). The van der Waals surface area contributed by atoms with Crippen LogP contribution in [0.15, 0.2) is 29.2 Å². The van der Waals surface area contributed by atoms with E-state index in [2.05, 4.69) is 25.5 Å². The first-order valence-corrected chi connectivity index (χ1v) is 11.5. The number of hydrogen-bond donors (Lipinski definition) is 1. The highest BCUT2D eigenvalue weighted by molar-refractivity contribution is 7.89. The summed E-state index contributed by atoms with van der Waals surface area (Å²) in [6, 6.07) is 6.24. The number of rotatable bonds is 8. The quantitative estimate of drug-likeness (QED) is 0.643. The topological polar surface area (TPSA) is 98.8 Å². The van der Waals surface area contributed by atoms with E-state index in [9.17, 15) is 18.0 Å². The van der Waals surface area contributed by atoms with Crippen molar-refractivity contribution in [2.75, 3.05) is 13.2 Å². The Kier molecular flexibility index (Phi) is 8.22. The van der Waals surface area contributed by atoms with E-state index in [1.807, 2.05) is 6.92 Å². The zero-order valence-electron chi connectivity index (χ0n) is 17.5. The Hall–Kier alpha value is -1.93. The van der Waals surface area contributed by atoms with Crippen molar-refractivity contribution in [2.45, 2.75) is 58.0 Å². The summed E-state index contributed by atoms with van der Waals surface area (Å²) in [6.07, 6.45) is 2.76. The lowest BCUT2D eigenvalue weighted by Gasteiger charge is -2.36. The van der Waals surface area contributed by atoms with Crippen molar-refractivity contribution < 1.29 is 27.5 Å². The molecule has 1 fully saturated rings. The first-order valence-electron chi connectivity index (χ1n) is 10.00. The van der Waals surface area contributed by atoms with E-state index in [4.69, 9.17) is 9.47 Å².